The van der Waals surface area contributed by atoms with Gasteiger partial charge in [-0.25, -0.2) is 4.98 Å². The molecule has 5 nitrogen and oxygen atoms in total. The summed E-state index contributed by atoms with van der Waals surface area (Å²) in [4.78, 5) is 8.75. The van der Waals surface area contributed by atoms with Gasteiger partial charge in [0.2, 0.25) is 0 Å². The number of pyridine rings is 1. The van der Waals surface area contributed by atoms with Crippen LogP contribution in [-0.4, -0.2) is 43.5 Å². The molecule has 2 aromatic rings. The van der Waals surface area contributed by atoms with Crippen molar-refractivity contribution in [2.75, 3.05) is 25.5 Å². The van der Waals surface area contributed by atoms with Crippen molar-refractivity contribution in [3.8, 4) is 17.3 Å². The highest BCUT2D eigenvalue weighted by Gasteiger charge is 2.57. The topological polar surface area (TPSA) is 70.3 Å². The Hall–Kier alpha value is -3.74. The summed E-state index contributed by atoms with van der Waals surface area (Å²) in [7, 11) is 1.65. The Morgan fingerprint density at radius 1 is 1.16 bits per heavy atom. The zero-order valence-electron chi connectivity index (χ0n) is 20.8. The largest absolute Gasteiger partial charge is 0.501 e. The minimum Gasteiger partial charge on any atom is -0.501 e. The summed E-state index contributed by atoms with van der Waals surface area (Å²) in [6.07, 6.45) is 0.538. The van der Waals surface area contributed by atoms with E-state index in [1.54, 1.807) is 25.3 Å². The Bertz CT molecular complexity index is 1310. The van der Waals surface area contributed by atoms with Crippen LogP contribution in [-0.2, 0) is 4.74 Å². The van der Waals surface area contributed by atoms with Gasteiger partial charge in [-0.3, -0.25) is 4.99 Å². The van der Waals surface area contributed by atoms with Gasteiger partial charge in [-0.15, -0.1) is 0 Å². The number of rotatable bonds is 5. The first-order valence-electron chi connectivity index (χ1n) is 12.3. The van der Waals surface area contributed by atoms with Crippen LogP contribution in [0.3, 0.4) is 0 Å². The van der Waals surface area contributed by atoms with Gasteiger partial charge in [0.15, 0.2) is 0 Å². The van der Waals surface area contributed by atoms with Crippen LogP contribution in [0.4, 0.5) is 27.6 Å². The van der Waals surface area contributed by atoms with Crippen molar-refractivity contribution in [3.63, 3.8) is 0 Å². The Kier molecular flexibility index (Phi) is 8.14. The molecule has 0 saturated carbocycles. The molecule has 0 radical (unpaired) electrons. The zero-order chi connectivity index (χ0) is 27.3. The molecule has 0 aliphatic carbocycles. The predicted octanol–water partition coefficient (Wildman–Crippen LogP) is 7.27. The molecule has 1 atom stereocenters. The molecule has 1 aromatic heterocycles. The molecule has 1 N–H and O–H groups in total. The molecule has 10 heteroatoms. The zero-order valence-corrected chi connectivity index (χ0v) is 20.8. The van der Waals surface area contributed by atoms with Crippen molar-refractivity contribution in [3.05, 3.63) is 59.0 Å². The van der Waals surface area contributed by atoms with E-state index in [4.69, 9.17) is 4.74 Å². The highest BCUT2D eigenvalue weighted by molar-refractivity contribution is 6.12. The lowest BCUT2D eigenvalue weighted by atomic mass is 9.92. The second-order valence-electron chi connectivity index (χ2n) is 9.36. The first-order valence-corrected chi connectivity index (χ1v) is 12.3. The van der Waals surface area contributed by atoms with Crippen LogP contribution < -0.4 is 5.32 Å². The molecule has 38 heavy (non-hydrogen) atoms. The van der Waals surface area contributed by atoms with Crippen LogP contribution in [0.25, 0.3) is 22.9 Å². The highest BCUT2D eigenvalue weighted by Crippen LogP contribution is 2.41. The number of alkyl halides is 5. The van der Waals surface area contributed by atoms with Gasteiger partial charge in [0.25, 0.3) is 0 Å². The highest BCUT2D eigenvalue weighted by atomic mass is 19.4. The average molecular weight is 531 g/mol. The maximum atomic E-state index is 13.6. The quantitative estimate of drug-likeness (QED) is 0.413. The smallest absolute Gasteiger partial charge is 0.453 e. The van der Waals surface area contributed by atoms with E-state index < -0.39 is 24.4 Å². The van der Waals surface area contributed by atoms with Gasteiger partial charge in [0.1, 0.15) is 11.8 Å². The van der Waals surface area contributed by atoms with Crippen molar-refractivity contribution in [1.29, 1.82) is 5.26 Å². The van der Waals surface area contributed by atoms with Gasteiger partial charge in [-0.1, -0.05) is 18.2 Å². The van der Waals surface area contributed by atoms with E-state index in [0.717, 1.165) is 42.0 Å². The van der Waals surface area contributed by atoms with Crippen molar-refractivity contribution < 1.29 is 26.7 Å². The first-order chi connectivity index (χ1) is 18.1. The van der Waals surface area contributed by atoms with E-state index in [0.29, 0.717) is 23.3 Å². The predicted molar refractivity (Wildman–Crippen MR) is 137 cm³/mol. The van der Waals surface area contributed by atoms with E-state index in [9.17, 15) is 27.2 Å². The van der Waals surface area contributed by atoms with Gasteiger partial charge < -0.3 is 10.1 Å². The van der Waals surface area contributed by atoms with Crippen molar-refractivity contribution >= 4 is 23.6 Å². The second kappa shape index (κ2) is 11.3. The molecule has 0 amide bonds. The summed E-state index contributed by atoms with van der Waals surface area (Å²) in [6.45, 7) is 0.612. The summed E-state index contributed by atoms with van der Waals surface area (Å²) in [5.41, 5.74) is 4.73. The summed E-state index contributed by atoms with van der Waals surface area (Å²) in [5, 5.41) is 12.9. The van der Waals surface area contributed by atoms with Crippen LogP contribution >= 0.6 is 0 Å². The molecule has 1 unspecified atom stereocenters. The molecule has 1 aromatic carbocycles. The van der Waals surface area contributed by atoms with Crippen LogP contribution in [0.15, 0.2) is 47.2 Å². The number of halogens is 5. The molecule has 200 valence electrons. The third-order valence-electron chi connectivity index (χ3n) is 6.63. The second-order valence-corrected chi connectivity index (χ2v) is 9.36. The van der Waals surface area contributed by atoms with Gasteiger partial charge in [0.05, 0.1) is 18.6 Å². The molecule has 0 bridgehead atoms. The summed E-state index contributed by atoms with van der Waals surface area (Å²) in [6, 6.07) is 11.2. The third kappa shape index (κ3) is 6.21. The lowest BCUT2D eigenvalue weighted by molar-refractivity contribution is -0.287. The van der Waals surface area contributed by atoms with Gasteiger partial charge >= 0.3 is 12.1 Å². The van der Waals surface area contributed by atoms with Gasteiger partial charge in [-0.2, -0.15) is 27.2 Å². The fourth-order valence-electron chi connectivity index (χ4n) is 4.59. The van der Waals surface area contributed by atoms with Crippen LogP contribution in [0, 0.1) is 17.2 Å². The number of hydrogen-bond acceptors (Lipinski definition) is 5. The minimum atomic E-state index is -5.58. The number of anilines is 1. The molecule has 4 rings (SSSR count). The van der Waals surface area contributed by atoms with Crippen molar-refractivity contribution in [2.24, 2.45) is 10.9 Å². The fourth-order valence-corrected chi connectivity index (χ4v) is 4.59. The first kappa shape index (κ1) is 27.3. The molecular weight excluding hydrogens is 503 g/mol. The van der Waals surface area contributed by atoms with Crippen molar-refractivity contribution in [1.82, 2.24) is 4.98 Å². The monoisotopic (exact) mass is 530 g/mol. The molecular formula is C28H27F5N4O. The maximum absolute atomic E-state index is 13.6. The van der Waals surface area contributed by atoms with Crippen LogP contribution in [0.1, 0.15) is 48.9 Å². The van der Waals surface area contributed by atoms with E-state index in [1.807, 2.05) is 24.3 Å². The van der Waals surface area contributed by atoms with Crippen LogP contribution in [0.5, 0.6) is 0 Å². The number of aliphatic imine (C=N–C) groups is 1. The van der Waals surface area contributed by atoms with Crippen LogP contribution in [0.2, 0.25) is 0 Å². The number of nitrogens with one attached hydrogen (secondary N) is 1. The number of nitrogens with zero attached hydrogens (tertiary/aromatic N) is 3. The van der Waals surface area contributed by atoms with Gasteiger partial charge in [-0.05, 0) is 55.0 Å². The Morgan fingerprint density at radius 2 is 1.97 bits per heavy atom. The number of benzene rings is 1. The maximum Gasteiger partial charge on any atom is 0.453 e. The van der Waals surface area contributed by atoms with E-state index >= 15 is 0 Å². The summed E-state index contributed by atoms with van der Waals surface area (Å²) in [5.74, 6) is -4.77. The van der Waals surface area contributed by atoms with Crippen molar-refractivity contribution in [2.45, 2.75) is 44.2 Å². The average Bonchev–Trinajstić information content (AvgIpc) is 2.85. The fraction of sp³-hybridized carbons (Fsp3) is 0.393. The van der Waals surface area contributed by atoms with E-state index in [1.165, 1.54) is 6.21 Å². The molecule has 0 fully saturated rings. The lowest BCUT2D eigenvalue weighted by Gasteiger charge is -2.24. The number of nitriles is 1. The number of hydrogen-bond donors (Lipinski definition) is 1. The molecule has 0 saturated heterocycles. The number of ether oxygens (including phenoxy) is 1. The third-order valence-corrected chi connectivity index (χ3v) is 6.63. The SMILES string of the molecule is COC1=Cc2ccc(-c3nc(C#N)ccc3C3=CCCC(CC(F)(F)C(F)(F)F)CN=C3)cc2NCCC1. The number of aromatic nitrogens is 1. The summed E-state index contributed by atoms with van der Waals surface area (Å²) < 4.78 is 70.6. The minimum absolute atomic E-state index is 0.140. The van der Waals surface area contributed by atoms with Gasteiger partial charge in [0, 0.05) is 54.5 Å². The number of methoxy groups -OCH3 is 1. The van der Waals surface area contributed by atoms with E-state index in [-0.39, 0.29) is 18.7 Å². The Labute approximate surface area is 217 Å². The number of allylic oxidation sites excluding steroid dienone is 3. The molecule has 3 heterocycles. The lowest BCUT2D eigenvalue weighted by Crippen LogP contribution is -2.38. The normalized spacial score (nSPS) is 18.4. The standard InChI is InChI=1S/C28H27F5N4O/c1-38-23-6-3-11-36-25-13-20(8-7-19(25)12-23)26-24(10-9-22(15-34)37-26)21-5-2-4-18(16-35-17-21)14-27(29,30)28(31,32)33/h5,7-10,12-13,17-18,36H,2-4,6,11,14,16H2,1H3. The molecule has 0 spiro atoms. The Balaban J connectivity index is 1.65. The Morgan fingerprint density at radius 3 is 2.71 bits per heavy atom. The molecule has 2 aliphatic heterocycles. The summed E-state index contributed by atoms with van der Waals surface area (Å²) >= 11 is 0. The number of fused-ring (bicyclic) bond motifs is 1. The van der Waals surface area contributed by atoms with E-state index in [2.05, 4.69) is 21.4 Å². The molecule has 2 aliphatic rings.